The number of aryl methyl sites for hydroxylation is 1. The maximum absolute atomic E-state index is 11.8. The third-order valence-corrected chi connectivity index (χ3v) is 4.04. The first-order valence-electron chi connectivity index (χ1n) is 7.47. The van der Waals surface area contributed by atoms with Gasteiger partial charge in [0.2, 0.25) is 0 Å². The Balaban J connectivity index is 1.86. The molecule has 0 aliphatic carbocycles. The predicted molar refractivity (Wildman–Crippen MR) is 93.8 cm³/mol. The van der Waals surface area contributed by atoms with Crippen molar-refractivity contribution >= 4 is 22.6 Å². The quantitative estimate of drug-likeness (QED) is 0.666. The van der Waals surface area contributed by atoms with Gasteiger partial charge in [-0.25, -0.2) is 4.79 Å². The van der Waals surface area contributed by atoms with E-state index in [4.69, 9.17) is 16.0 Å². The van der Waals surface area contributed by atoms with Gasteiger partial charge >= 0.3 is 5.63 Å². The van der Waals surface area contributed by atoms with Crippen molar-refractivity contribution in [2.75, 3.05) is 7.05 Å². The molecule has 1 aromatic heterocycles. The SMILES string of the molecule is Cc1ccc2oc(=O)cc(CN(C)Cc3ccc(Cl)cc3)c2c1. The number of nitrogens with zero attached hydrogens (tertiary/aromatic N) is 1. The van der Waals surface area contributed by atoms with Crippen LogP contribution >= 0.6 is 11.6 Å². The second-order valence-electron chi connectivity index (χ2n) is 5.89. The molecule has 0 unspecified atom stereocenters. The van der Waals surface area contributed by atoms with Crippen molar-refractivity contribution < 1.29 is 4.42 Å². The van der Waals surface area contributed by atoms with Gasteiger partial charge in [-0.2, -0.15) is 0 Å². The molecule has 1 heterocycles. The van der Waals surface area contributed by atoms with E-state index in [9.17, 15) is 4.79 Å². The second kappa shape index (κ2) is 6.57. The highest BCUT2D eigenvalue weighted by Crippen LogP contribution is 2.20. The second-order valence-corrected chi connectivity index (χ2v) is 6.33. The van der Waals surface area contributed by atoms with E-state index in [0.29, 0.717) is 12.1 Å². The molecule has 4 heteroatoms. The largest absolute Gasteiger partial charge is 0.423 e. The Labute approximate surface area is 140 Å². The van der Waals surface area contributed by atoms with Crippen LogP contribution in [0.15, 0.2) is 57.7 Å². The fraction of sp³-hybridized carbons (Fsp3) is 0.211. The van der Waals surface area contributed by atoms with Crippen LogP contribution in [0.25, 0.3) is 11.0 Å². The standard InChI is InChI=1S/C19H18ClNO2/c1-13-3-8-18-17(9-13)15(10-19(22)23-18)12-21(2)11-14-4-6-16(20)7-5-14/h3-10H,11-12H2,1-2H3. The molecule has 0 spiro atoms. The van der Waals surface area contributed by atoms with Crippen molar-refractivity contribution in [3.05, 3.63) is 80.7 Å². The molecule has 0 aliphatic rings. The lowest BCUT2D eigenvalue weighted by molar-refractivity contribution is 0.319. The average Bonchev–Trinajstić information content (AvgIpc) is 2.50. The van der Waals surface area contributed by atoms with E-state index >= 15 is 0 Å². The highest BCUT2D eigenvalue weighted by Gasteiger charge is 2.09. The van der Waals surface area contributed by atoms with Gasteiger partial charge in [0.1, 0.15) is 5.58 Å². The van der Waals surface area contributed by atoms with Gasteiger partial charge in [0.05, 0.1) is 0 Å². The van der Waals surface area contributed by atoms with Crippen molar-refractivity contribution in [3.8, 4) is 0 Å². The first-order chi connectivity index (χ1) is 11.0. The van der Waals surface area contributed by atoms with Crippen LogP contribution in [0, 0.1) is 6.92 Å². The number of benzene rings is 2. The van der Waals surface area contributed by atoms with E-state index in [1.165, 1.54) is 5.56 Å². The molecule has 2 aromatic carbocycles. The van der Waals surface area contributed by atoms with E-state index in [1.54, 1.807) is 6.07 Å². The topological polar surface area (TPSA) is 33.5 Å². The molecule has 0 saturated carbocycles. The zero-order valence-corrected chi connectivity index (χ0v) is 13.9. The minimum absolute atomic E-state index is 0.309. The van der Waals surface area contributed by atoms with E-state index in [0.717, 1.165) is 28.1 Å². The first kappa shape index (κ1) is 15.8. The van der Waals surface area contributed by atoms with Crippen LogP contribution in [-0.2, 0) is 13.1 Å². The molecular formula is C19H18ClNO2. The van der Waals surface area contributed by atoms with Crippen LogP contribution in [0.5, 0.6) is 0 Å². The summed E-state index contributed by atoms with van der Waals surface area (Å²) in [5.74, 6) is 0. The van der Waals surface area contributed by atoms with Gasteiger partial charge in [0.15, 0.2) is 0 Å². The highest BCUT2D eigenvalue weighted by atomic mass is 35.5. The third-order valence-electron chi connectivity index (χ3n) is 3.79. The Morgan fingerprint density at radius 3 is 2.52 bits per heavy atom. The summed E-state index contributed by atoms with van der Waals surface area (Å²) in [4.78, 5) is 13.9. The van der Waals surface area contributed by atoms with Crippen molar-refractivity contribution in [2.45, 2.75) is 20.0 Å². The summed E-state index contributed by atoms with van der Waals surface area (Å²) in [6.45, 7) is 3.49. The summed E-state index contributed by atoms with van der Waals surface area (Å²) in [7, 11) is 2.03. The molecule has 0 amide bonds. The number of rotatable bonds is 4. The molecule has 3 rings (SSSR count). The predicted octanol–water partition coefficient (Wildman–Crippen LogP) is 4.39. The lowest BCUT2D eigenvalue weighted by atomic mass is 10.1. The van der Waals surface area contributed by atoms with Crippen LogP contribution < -0.4 is 5.63 Å². The van der Waals surface area contributed by atoms with Crippen LogP contribution in [0.3, 0.4) is 0 Å². The van der Waals surface area contributed by atoms with Crippen LogP contribution in [-0.4, -0.2) is 11.9 Å². The number of halogens is 1. The van der Waals surface area contributed by atoms with Gasteiger partial charge in [0, 0.05) is 29.6 Å². The van der Waals surface area contributed by atoms with Gasteiger partial charge in [-0.15, -0.1) is 0 Å². The summed E-state index contributed by atoms with van der Waals surface area (Å²) in [6, 6.07) is 15.3. The van der Waals surface area contributed by atoms with Gasteiger partial charge in [-0.1, -0.05) is 35.4 Å². The molecule has 0 aliphatic heterocycles. The summed E-state index contributed by atoms with van der Waals surface area (Å²) < 4.78 is 5.28. The Hall–Kier alpha value is -2.10. The lowest BCUT2D eigenvalue weighted by Gasteiger charge is -2.18. The first-order valence-corrected chi connectivity index (χ1v) is 7.85. The smallest absolute Gasteiger partial charge is 0.336 e. The molecule has 3 aromatic rings. The van der Waals surface area contributed by atoms with E-state index in [2.05, 4.69) is 11.0 Å². The maximum atomic E-state index is 11.8. The molecule has 0 radical (unpaired) electrons. The highest BCUT2D eigenvalue weighted by molar-refractivity contribution is 6.30. The fourth-order valence-corrected chi connectivity index (χ4v) is 2.85. The monoisotopic (exact) mass is 327 g/mol. The molecule has 0 atom stereocenters. The molecule has 0 N–H and O–H groups in total. The molecule has 0 bridgehead atoms. The summed E-state index contributed by atoms with van der Waals surface area (Å²) in [5.41, 5.74) is 3.64. The van der Waals surface area contributed by atoms with Crippen LogP contribution in [0.2, 0.25) is 5.02 Å². The molecule has 3 nitrogen and oxygen atoms in total. The molecule has 118 valence electrons. The Morgan fingerprint density at radius 2 is 1.78 bits per heavy atom. The summed E-state index contributed by atoms with van der Waals surface area (Å²) in [6.07, 6.45) is 0. The Bertz CT molecular complexity index is 884. The van der Waals surface area contributed by atoms with Gasteiger partial charge in [-0.3, -0.25) is 4.90 Å². The molecular weight excluding hydrogens is 310 g/mol. The summed E-state index contributed by atoms with van der Waals surface area (Å²) >= 11 is 5.92. The fourth-order valence-electron chi connectivity index (χ4n) is 2.72. The number of hydrogen-bond donors (Lipinski definition) is 0. The average molecular weight is 328 g/mol. The van der Waals surface area contributed by atoms with Crippen molar-refractivity contribution in [1.82, 2.24) is 4.90 Å². The zero-order chi connectivity index (χ0) is 16.4. The van der Waals surface area contributed by atoms with Gasteiger partial charge in [0.25, 0.3) is 0 Å². The van der Waals surface area contributed by atoms with Gasteiger partial charge < -0.3 is 4.42 Å². The van der Waals surface area contributed by atoms with E-state index < -0.39 is 0 Å². The molecule has 23 heavy (non-hydrogen) atoms. The van der Waals surface area contributed by atoms with Crippen molar-refractivity contribution in [3.63, 3.8) is 0 Å². The maximum Gasteiger partial charge on any atom is 0.336 e. The van der Waals surface area contributed by atoms with Gasteiger partial charge in [-0.05, 0) is 49.4 Å². The molecule has 0 fully saturated rings. The van der Waals surface area contributed by atoms with Crippen LogP contribution in [0.4, 0.5) is 0 Å². The third kappa shape index (κ3) is 3.81. The van der Waals surface area contributed by atoms with E-state index in [1.807, 2.05) is 50.4 Å². The van der Waals surface area contributed by atoms with E-state index in [-0.39, 0.29) is 5.63 Å². The van der Waals surface area contributed by atoms with Crippen molar-refractivity contribution in [2.24, 2.45) is 0 Å². The van der Waals surface area contributed by atoms with Crippen LogP contribution in [0.1, 0.15) is 16.7 Å². The Kier molecular flexibility index (Phi) is 4.51. The minimum Gasteiger partial charge on any atom is -0.423 e. The van der Waals surface area contributed by atoms with Crippen molar-refractivity contribution in [1.29, 1.82) is 0 Å². The number of fused-ring (bicyclic) bond motifs is 1. The molecule has 0 saturated heterocycles. The Morgan fingerprint density at radius 1 is 1.04 bits per heavy atom. The minimum atomic E-state index is -0.309. The summed E-state index contributed by atoms with van der Waals surface area (Å²) in [5, 5.41) is 1.73. The normalized spacial score (nSPS) is 11.3. The zero-order valence-electron chi connectivity index (χ0n) is 13.2. The lowest BCUT2D eigenvalue weighted by Crippen LogP contribution is -2.18. The number of hydrogen-bond acceptors (Lipinski definition) is 3.